The smallest absolute Gasteiger partial charge is 0.166 e. The lowest BCUT2D eigenvalue weighted by Gasteiger charge is -2.06. The number of hydrogen-bond donors (Lipinski definition) is 0. The van der Waals surface area contributed by atoms with E-state index >= 15 is 0 Å². The molecule has 0 atom stereocenters. The minimum Gasteiger partial charge on any atom is -0.166 e. The highest BCUT2D eigenvalue weighted by Gasteiger charge is 2.31. The second kappa shape index (κ2) is 2.76. The van der Waals surface area contributed by atoms with Crippen LogP contribution in [-0.2, 0) is 6.18 Å². The van der Waals surface area contributed by atoms with Crippen molar-refractivity contribution >= 4 is 0 Å². The molecule has 13 heavy (non-hydrogen) atoms. The molecule has 1 aliphatic carbocycles. The molecule has 1 saturated carbocycles. The van der Waals surface area contributed by atoms with Gasteiger partial charge in [0.25, 0.3) is 0 Å². The Labute approximate surface area is 74.4 Å². The summed E-state index contributed by atoms with van der Waals surface area (Å²) in [4.78, 5) is 0. The molecule has 0 aromatic heterocycles. The van der Waals surface area contributed by atoms with Gasteiger partial charge in [-0.25, -0.2) is 0 Å². The molecule has 1 fully saturated rings. The van der Waals surface area contributed by atoms with Crippen molar-refractivity contribution in [3.63, 3.8) is 0 Å². The monoisotopic (exact) mass is 185 g/mol. The number of hydrogen-bond acceptors (Lipinski definition) is 0. The fourth-order valence-corrected chi connectivity index (χ4v) is 1.28. The Morgan fingerprint density at radius 2 is 1.92 bits per heavy atom. The molecule has 0 unspecified atom stereocenters. The van der Waals surface area contributed by atoms with E-state index in [2.05, 4.69) is 6.07 Å². The van der Waals surface area contributed by atoms with Crippen LogP contribution >= 0.6 is 0 Å². The molecule has 0 N–H and O–H groups in total. The Morgan fingerprint density at radius 3 is 2.31 bits per heavy atom. The number of rotatable bonds is 1. The third kappa shape index (κ3) is 1.85. The lowest BCUT2D eigenvalue weighted by molar-refractivity contribution is -0.137. The SMILES string of the molecule is FC(F)(F)c1[c]cc(C2CC2)cc1. The van der Waals surface area contributed by atoms with Crippen LogP contribution in [-0.4, -0.2) is 0 Å². The number of benzene rings is 1. The third-order valence-corrected chi connectivity index (χ3v) is 2.19. The van der Waals surface area contributed by atoms with Gasteiger partial charge in [-0.2, -0.15) is 13.2 Å². The van der Waals surface area contributed by atoms with Crippen molar-refractivity contribution in [2.45, 2.75) is 24.9 Å². The summed E-state index contributed by atoms with van der Waals surface area (Å²) in [6.45, 7) is 0. The molecule has 0 bridgehead atoms. The summed E-state index contributed by atoms with van der Waals surface area (Å²) in [5, 5.41) is 0. The van der Waals surface area contributed by atoms with Gasteiger partial charge in [0.1, 0.15) is 0 Å². The van der Waals surface area contributed by atoms with Gasteiger partial charge in [0.05, 0.1) is 5.56 Å². The molecule has 0 nitrogen and oxygen atoms in total. The predicted molar refractivity (Wildman–Crippen MR) is 42.3 cm³/mol. The Bertz CT molecular complexity index is 293. The summed E-state index contributed by atoms with van der Waals surface area (Å²) in [7, 11) is 0. The van der Waals surface area contributed by atoms with E-state index in [0.29, 0.717) is 5.92 Å². The van der Waals surface area contributed by atoms with Gasteiger partial charge in [-0.1, -0.05) is 12.1 Å². The van der Waals surface area contributed by atoms with Crippen LogP contribution < -0.4 is 0 Å². The summed E-state index contributed by atoms with van der Waals surface area (Å²) in [6, 6.07) is 6.39. The van der Waals surface area contributed by atoms with E-state index in [4.69, 9.17) is 0 Å². The molecule has 0 heterocycles. The molecule has 69 valence electrons. The van der Waals surface area contributed by atoms with Crippen LogP contribution in [0.5, 0.6) is 0 Å². The molecule has 1 aromatic rings. The highest BCUT2D eigenvalue weighted by atomic mass is 19.4. The zero-order valence-corrected chi connectivity index (χ0v) is 6.86. The minimum atomic E-state index is -4.26. The maximum Gasteiger partial charge on any atom is 0.417 e. The fraction of sp³-hybridized carbons (Fsp3) is 0.400. The first-order valence-electron chi connectivity index (χ1n) is 4.16. The van der Waals surface area contributed by atoms with Crippen LogP contribution in [0.1, 0.15) is 29.9 Å². The molecule has 0 spiro atoms. The van der Waals surface area contributed by atoms with E-state index in [1.807, 2.05) is 0 Å². The molecule has 1 aromatic carbocycles. The first kappa shape index (κ1) is 8.60. The van der Waals surface area contributed by atoms with Crippen molar-refractivity contribution in [3.05, 3.63) is 35.4 Å². The van der Waals surface area contributed by atoms with Gasteiger partial charge in [0.2, 0.25) is 0 Å². The minimum absolute atomic E-state index is 0.485. The summed E-state index contributed by atoms with van der Waals surface area (Å²) in [5.74, 6) is 0.485. The van der Waals surface area contributed by atoms with Crippen LogP contribution in [0.25, 0.3) is 0 Å². The highest BCUT2D eigenvalue weighted by molar-refractivity contribution is 5.28. The average Bonchev–Trinajstić information content (AvgIpc) is 2.85. The normalized spacial score (nSPS) is 17.5. The van der Waals surface area contributed by atoms with E-state index < -0.39 is 11.7 Å². The Morgan fingerprint density at radius 1 is 1.23 bits per heavy atom. The maximum absolute atomic E-state index is 12.1. The molecule has 3 heteroatoms. The van der Waals surface area contributed by atoms with E-state index in [0.717, 1.165) is 24.5 Å². The molecule has 0 aliphatic heterocycles. The lowest BCUT2D eigenvalue weighted by atomic mass is 10.1. The Hall–Kier alpha value is -0.990. The van der Waals surface area contributed by atoms with Gasteiger partial charge >= 0.3 is 6.18 Å². The zero-order valence-electron chi connectivity index (χ0n) is 6.86. The van der Waals surface area contributed by atoms with E-state index in [9.17, 15) is 13.2 Å². The summed E-state index contributed by atoms with van der Waals surface area (Å²) in [6.07, 6.45) is -2.07. The van der Waals surface area contributed by atoms with Crippen LogP contribution in [0.3, 0.4) is 0 Å². The average molecular weight is 185 g/mol. The molecule has 2 rings (SSSR count). The predicted octanol–water partition coefficient (Wildman–Crippen LogP) is 3.38. The van der Waals surface area contributed by atoms with E-state index in [1.54, 1.807) is 6.07 Å². The first-order chi connectivity index (χ1) is 6.07. The van der Waals surface area contributed by atoms with Gasteiger partial charge in [0, 0.05) is 0 Å². The third-order valence-electron chi connectivity index (χ3n) is 2.19. The van der Waals surface area contributed by atoms with Crippen LogP contribution in [0, 0.1) is 6.07 Å². The van der Waals surface area contributed by atoms with Crippen molar-refractivity contribution in [1.29, 1.82) is 0 Å². The topological polar surface area (TPSA) is 0 Å². The van der Waals surface area contributed by atoms with Crippen molar-refractivity contribution in [2.24, 2.45) is 0 Å². The van der Waals surface area contributed by atoms with Gasteiger partial charge < -0.3 is 0 Å². The lowest BCUT2D eigenvalue weighted by Crippen LogP contribution is -2.04. The van der Waals surface area contributed by atoms with Crippen LogP contribution in [0.2, 0.25) is 0 Å². The maximum atomic E-state index is 12.1. The summed E-state index contributed by atoms with van der Waals surface area (Å²) >= 11 is 0. The van der Waals surface area contributed by atoms with Gasteiger partial charge in [-0.3, -0.25) is 0 Å². The van der Waals surface area contributed by atoms with Gasteiger partial charge in [0.15, 0.2) is 0 Å². The summed E-state index contributed by atoms with van der Waals surface area (Å²) in [5.41, 5.74) is 0.296. The number of alkyl halides is 3. The molecule has 1 radical (unpaired) electrons. The van der Waals surface area contributed by atoms with Crippen LogP contribution in [0.4, 0.5) is 13.2 Å². The molecular weight excluding hydrogens is 177 g/mol. The zero-order chi connectivity index (χ0) is 9.47. The largest absolute Gasteiger partial charge is 0.417 e. The molecule has 0 saturated heterocycles. The Kier molecular flexibility index (Phi) is 1.82. The van der Waals surface area contributed by atoms with Crippen molar-refractivity contribution in [1.82, 2.24) is 0 Å². The van der Waals surface area contributed by atoms with Gasteiger partial charge in [-0.05, 0) is 36.5 Å². The highest BCUT2D eigenvalue weighted by Crippen LogP contribution is 2.40. The number of halogens is 3. The van der Waals surface area contributed by atoms with E-state index in [1.165, 1.54) is 6.07 Å². The molecule has 1 aliphatic rings. The fourth-order valence-electron chi connectivity index (χ4n) is 1.28. The van der Waals surface area contributed by atoms with Gasteiger partial charge in [-0.15, -0.1) is 0 Å². The Balaban J connectivity index is 2.22. The van der Waals surface area contributed by atoms with E-state index in [-0.39, 0.29) is 0 Å². The van der Waals surface area contributed by atoms with Crippen molar-refractivity contribution in [2.75, 3.05) is 0 Å². The first-order valence-corrected chi connectivity index (χ1v) is 4.16. The van der Waals surface area contributed by atoms with Crippen molar-refractivity contribution < 1.29 is 13.2 Å². The molecule has 0 amide bonds. The summed E-state index contributed by atoms with van der Waals surface area (Å²) < 4.78 is 36.3. The van der Waals surface area contributed by atoms with Crippen molar-refractivity contribution in [3.8, 4) is 0 Å². The molecular formula is C10H8F3. The standard InChI is InChI=1S/C10H8F3/c11-10(12,13)9-5-3-8(4-6-9)7-1-2-7/h3-5,7H,1-2H2. The second-order valence-corrected chi connectivity index (χ2v) is 3.31. The quantitative estimate of drug-likeness (QED) is 0.629. The second-order valence-electron chi connectivity index (χ2n) is 3.31. The van der Waals surface area contributed by atoms with Crippen LogP contribution in [0.15, 0.2) is 18.2 Å².